The fraction of sp³-hybridized carbons (Fsp3) is 0.364. The van der Waals surface area contributed by atoms with Crippen LogP contribution in [0.25, 0.3) is 11.3 Å². The third-order valence-corrected chi connectivity index (χ3v) is 8.23. The van der Waals surface area contributed by atoms with Crippen molar-refractivity contribution in [1.82, 2.24) is 24.6 Å². The Labute approximate surface area is 207 Å². The molecule has 0 radical (unpaired) electrons. The van der Waals surface area contributed by atoms with Gasteiger partial charge in [0.25, 0.3) is 0 Å². The van der Waals surface area contributed by atoms with Gasteiger partial charge in [0.15, 0.2) is 17.4 Å². The van der Waals surface area contributed by atoms with Gasteiger partial charge in [-0.1, -0.05) is 26.8 Å². The number of phenols is 1. The fourth-order valence-electron chi connectivity index (χ4n) is 3.44. The highest BCUT2D eigenvalue weighted by atomic mass is 32.2. The van der Waals surface area contributed by atoms with Crippen LogP contribution in [0.1, 0.15) is 36.6 Å². The molecular weight excluding hydrogens is 490 g/mol. The molecule has 0 amide bonds. The number of hydrogen-bond donors (Lipinski definition) is 3. The first-order chi connectivity index (χ1) is 16.4. The predicted octanol–water partition coefficient (Wildman–Crippen LogP) is 4.28. The normalized spacial score (nSPS) is 13.3. The summed E-state index contributed by atoms with van der Waals surface area (Å²) in [6.07, 6.45) is 0. The number of phenolic OH excluding ortho intramolecular Hbond substituents is 1. The van der Waals surface area contributed by atoms with Crippen LogP contribution >= 0.6 is 11.3 Å². The summed E-state index contributed by atoms with van der Waals surface area (Å²) in [7, 11) is -1.08. The molecule has 0 aliphatic carbocycles. The van der Waals surface area contributed by atoms with Crippen LogP contribution in [0.15, 0.2) is 39.9 Å². The fourth-order valence-corrected chi connectivity index (χ4v) is 5.61. The average Bonchev–Trinajstić information content (AvgIpc) is 3.40. The molecule has 0 saturated carbocycles. The van der Waals surface area contributed by atoms with E-state index in [-0.39, 0.29) is 39.2 Å². The lowest BCUT2D eigenvalue weighted by atomic mass is 9.86. The van der Waals surface area contributed by atoms with Gasteiger partial charge in [0, 0.05) is 23.8 Å². The molecule has 3 aromatic heterocycles. The lowest BCUT2D eigenvalue weighted by Gasteiger charge is -2.31. The third kappa shape index (κ3) is 4.92. The van der Waals surface area contributed by atoms with Gasteiger partial charge >= 0.3 is 0 Å². The molecule has 35 heavy (non-hydrogen) atoms. The summed E-state index contributed by atoms with van der Waals surface area (Å²) < 4.78 is 31.1. The molecule has 3 heterocycles. The van der Waals surface area contributed by atoms with E-state index in [0.717, 1.165) is 9.18 Å². The Balaban J connectivity index is 1.80. The molecule has 3 N–H and O–H groups in total. The number of fused-ring (bicyclic) bond motifs is 1. The molecule has 13 heteroatoms. The Kier molecular flexibility index (Phi) is 6.42. The Bertz CT molecular complexity index is 1470. The van der Waals surface area contributed by atoms with Gasteiger partial charge < -0.3 is 15.7 Å². The van der Waals surface area contributed by atoms with Gasteiger partial charge in [0.2, 0.25) is 21.3 Å². The number of nitrogens with one attached hydrogen (secondary N) is 2. The van der Waals surface area contributed by atoms with Crippen molar-refractivity contribution in [2.75, 3.05) is 24.7 Å². The van der Waals surface area contributed by atoms with Crippen molar-refractivity contribution in [1.29, 1.82) is 0 Å². The van der Waals surface area contributed by atoms with E-state index in [0.29, 0.717) is 5.82 Å². The maximum atomic E-state index is 12.6. The lowest BCUT2D eigenvalue weighted by Crippen LogP contribution is -2.26. The Morgan fingerprint density at radius 3 is 2.29 bits per heavy atom. The highest BCUT2D eigenvalue weighted by molar-refractivity contribution is 7.89. The minimum atomic E-state index is -3.87. The van der Waals surface area contributed by atoms with E-state index in [1.807, 2.05) is 6.92 Å². The first-order valence-electron chi connectivity index (χ1n) is 10.7. The van der Waals surface area contributed by atoms with Crippen molar-refractivity contribution >= 4 is 50.0 Å². The number of hydrogen-bond acceptors (Lipinski definition) is 11. The van der Waals surface area contributed by atoms with Crippen molar-refractivity contribution in [2.45, 2.75) is 38.6 Å². The number of aromatic nitrogens is 4. The number of anilines is 3. The molecule has 0 saturated heterocycles. The summed E-state index contributed by atoms with van der Waals surface area (Å²) >= 11 is 1.68. The number of aromatic hydroxyl groups is 1. The average molecular weight is 518 g/mol. The van der Waals surface area contributed by atoms with Gasteiger partial charge in [-0.05, 0) is 46.9 Å². The zero-order chi connectivity index (χ0) is 25.5. The third-order valence-electron chi connectivity index (χ3n) is 5.32. The molecular formula is C22H27N7O4S2. The minimum Gasteiger partial charge on any atom is -0.504 e. The van der Waals surface area contributed by atoms with E-state index in [1.54, 1.807) is 17.4 Å². The molecule has 1 atom stereocenters. The smallest absolute Gasteiger partial charge is 0.246 e. The second-order valence-corrected chi connectivity index (χ2v) is 12.7. The standard InChI is InChI=1S/C22H27N7O4S2/c1-12-10-11-14(34-12)17(22(2,3)4)24-19-18(25-20-21(26-19)28-33-27-20)23-13-8-7-9-15(16(13)30)35(31,32)29(5)6/h7-11,17,30H,1-6H3,(H,23,25,27)(H,24,26,28)/t17-/m0/s1. The van der Waals surface area contributed by atoms with Crippen LogP contribution in [0, 0.1) is 12.3 Å². The first kappa shape index (κ1) is 24.8. The van der Waals surface area contributed by atoms with Crippen molar-refractivity contribution in [3.63, 3.8) is 0 Å². The maximum Gasteiger partial charge on any atom is 0.246 e. The first-order valence-corrected chi connectivity index (χ1v) is 13.0. The molecule has 0 spiro atoms. The highest BCUT2D eigenvalue weighted by Gasteiger charge is 2.30. The van der Waals surface area contributed by atoms with Crippen molar-refractivity contribution in [2.24, 2.45) is 5.41 Å². The van der Waals surface area contributed by atoms with E-state index in [2.05, 4.69) is 63.8 Å². The van der Waals surface area contributed by atoms with Crippen LogP contribution in [-0.4, -0.2) is 52.2 Å². The summed E-state index contributed by atoms with van der Waals surface area (Å²) in [5.41, 5.74) is 0.310. The zero-order valence-electron chi connectivity index (χ0n) is 20.2. The summed E-state index contributed by atoms with van der Waals surface area (Å²) in [6.45, 7) is 8.37. The Hall–Kier alpha value is -3.29. The van der Waals surface area contributed by atoms with E-state index < -0.39 is 15.8 Å². The molecule has 0 bridgehead atoms. The zero-order valence-corrected chi connectivity index (χ0v) is 21.8. The number of thiophene rings is 1. The van der Waals surface area contributed by atoms with Gasteiger partial charge in [0.1, 0.15) is 4.90 Å². The van der Waals surface area contributed by atoms with Crippen molar-refractivity contribution < 1.29 is 18.2 Å². The van der Waals surface area contributed by atoms with Crippen LogP contribution in [0.3, 0.4) is 0 Å². The summed E-state index contributed by atoms with van der Waals surface area (Å²) in [5, 5.41) is 24.8. The summed E-state index contributed by atoms with van der Waals surface area (Å²) in [5.74, 6) is 0.137. The van der Waals surface area contributed by atoms with E-state index in [1.165, 1.54) is 31.1 Å². The quantitative estimate of drug-likeness (QED) is 0.303. The van der Waals surface area contributed by atoms with Crippen LogP contribution < -0.4 is 10.6 Å². The van der Waals surface area contributed by atoms with E-state index in [4.69, 9.17) is 4.63 Å². The van der Waals surface area contributed by atoms with E-state index in [9.17, 15) is 13.5 Å². The number of sulfonamides is 1. The second kappa shape index (κ2) is 9.06. The van der Waals surface area contributed by atoms with Crippen LogP contribution in [-0.2, 0) is 10.0 Å². The SMILES string of the molecule is Cc1ccc([C@H](Nc2nc3nonc3nc2Nc2cccc(S(=O)(=O)N(C)C)c2O)C(C)(C)C)s1. The predicted molar refractivity (Wildman–Crippen MR) is 135 cm³/mol. The molecule has 0 fully saturated rings. The number of rotatable bonds is 7. The van der Waals surface area contributed by atoms with Gasteiger partial charge in [-0.25, -0.2) is 27.3 Å². The largest absolute Gasteiger partial charge is 0.504 e. The molecule has 0 aliphatic heterocycles. The molecule has 4 rings (SSSR count). The van der Waals surface area contributed by atoms with Crippen molar-refractivity contribution in [3.05, 3.63) is 40.1 Å². The molecule has 0 unspecified atom stereocenters. The summed E-state index contributed by atoms with van der Waals surface area (Å²) in [4.78, 5) is 11.1. The topological polar surface area (TPSA) is 146 Å². The molecule has 0 aliphatic rings. The van der Waals surface area contributed by atoms with Gasteiger partial charge in [-0.15, -0.1) is 11.3 Å². The Morgan fingerprint density at radius 2 is 1.71 bits per heavy atom. The summed E-state index contributed by atoms with van der Waals surface area (Å²) in [6, 6.07) is 8.40. The number of aryl methyl sites for hydroxylation is 1. The molecule has 186 valence electrons. The van der Waals surface area contributed by atoms with E-state index >= 15 is 0 Å². The van der Waals surface area contributed by atoms with Gasteiger partial charge in [-0.2, -0.15) is 0 Å². The Morgan fingerprint density at radius 1 is 1.06 bits per heavy atom. The number of para-hydroxylation sites is 1. The molecule has 1 aromatic carbocycles. The van der Waals surface area contributed by atoms with Gasteiger partial charge in [0.05, 0.1) is 11.7 Å². The molecule has 4 aromatic rings. The van der Waals surface area contributed by atoms with Crippen LogP contribution in [0.2, 0.25) is 0 Å². The van der Waals surface area contributed by atoms with Gasteiger partial charge in [-0.3, -0.25) is 0 Å². The lowest BCUT2D eigenvalue weighted by molar-refractivity contribution is 0.314. The number of benzene rings is 1. The highest BCUT2D eigenvalue weighted by Crippen LogP contribution is 2.41. The van der Waals surface area contributed by atoms with Crippen LogP contribution in [0.5, 0.6) is 5.75 Å². The van der Waals surface area contributed by atoms with Crippen LogP contribution in [0.4, 0.5) is 17.3 Å². The second-order valence-electron chi connectivity index (χ2n) is 9.29. The van der Waals surface area contributed by atoms with Crippen molar-refractivity contribution in [3.8, 4) is 5.75 Å². The monoisotopic (exact) mass is 517 g/mol. The minimum absolute atomic E-state index is 0.137. The molecule has 11 nitrogen and oxygen atoms in total. The number of nitrogens with zero attached hydrogens (tertiary/aromatic N) is 5. The maximum absolute atomic E-state index is 12.6.